The Kier molecular flexibility index (Phi) is 2.14. The Balaban J connectivity index is 2.17. The number of allylic oxidation sites excluding steroid dienone is 1. The van der Waals surface area contributed by atoms with Crippen molar-refractivity contribution in [2.45, 2.75) is 6.42 Å². The van der Waals surface area contributed by atoms with Gasteiger partial charge >= 0.3 is 5.97 Å². The van der Waals surface area contributed by atoms with Crippen LogP contribution in [-0.2, 0) is 16.0 Å². The first-order chi connectivity index (χ1) is 8.29. The summed E-state index contributed by atoms with van der Waals surface area (Å²) in [6.07, 6.45) is 9.63. The van der Waals surface area contributed by atoms with Crippen molar-refractivity contribution in [1.82, 2.24) is 4.98 Å². The molecule has 2 heterocycles. The molecule has 84 valence electrons. The highest BCUT2D eigenvalue weighted by Crippen LogP contribution is 2.09. The van der Waals surface area contributed by atoms with Crippen molar-refractivity contribution < 1.29 is 9.53 Å². The lowest BCUT2D eigenvalue weighted by Gasteiger charge is -2.10. The predicted octanol–water partition coefficient (Wildman–Crippen LogP) is -0.312. The van der Waals surface area contributed by atoms with Crippen LogP contribution in [0.25, 0.3) is 12.3 Å². The van der Waals surface area contributed by atoms with E-state index >= 15 is 0 Å². The van der Waals surface area contributed by atoms with Gasteiger partial charge in [-0.3, -0.25) is 9.98 Å². The largest absolute Gasteiger partial charge is 0.466 e. The zero-order chi connectivity index (χ0) is 11.8. The lowest BCUT2D eigenvalue weighted by Crippen LogP contribution is -2.33. The minimum atomic E-state index is -0.285. The molecule has 0 amide bonds. The molecule has 1 aromatic heterocycles. The third kappa shape index (κ3) is 1.49. The second-order valence-corrected chi connectivity index (χ2v) is 3.93. The van der Waals surface area contributed by atoms with Crippen LogP contribution in [0.4, 0.5) is 0 Å². The zero-order valence-corrected chi connectivity index (χ0v) is 9.30. The van der Waals surface area contributed by atoms with Gasteiger partial charge in [-0.1, -0.05) is 12.2 Å². The Morgan fingerprint density at radius 1 is 1.35 bits per heavy atom. The van der Waals surface area contributed by atoms with Crippen LogP contribution in [-0.4, -0.2) is 24.3 Å². The van der Waals surface area contributed by atoms with E-state index in [4.69, 9.17) is 4.74 Å². The van der Waals surface area contributed by atoms with Crippen LogP contribution in [0.1, 0.15) is 11.3 Å². The molecule has 4 heteroatoms. The number of aliphatic imine (C=N–C) groups is 1. The number of hydrogen-bond donors (Lipinski definition) is 0. The van der Waals surface area contributed by atoms with Gasteiger partial charge in [-0.25, -0.2) is 4.79 Å². The minimum Gasteiger partial charge on any atom is -0.466 e. The van der Waals surface area contributed by atoms with Crippen LogP contribution in [0.5, 0.6) is 0 Å². The quantitative estimate of drug-likeness (QED) is 0.617. The summed E-state index contributed by atoms with van der Waals surface area (Å²) in [5, 5.41) is 2.13. The van der Waals surface area contributed by atoms with Gasteiger partial charge in [0.25, 0.3) is 0 Å². The molecular weight excluding hydrogens is 216 g/mol. The standard InChI is InChI=1S/C13H10N2O2/c1-17-13(16)8-2-3-10-9(4-8)5-15-12-7-14-6-11(10)12/h2-3,5-7H,4H2,1H3. The van der Waals surface area contributed by atoms with Crippen molar-refractivity contribution in [2.24, 2.45) is 4.99 Å². The maximum atomic E-state index is 11.4. The van der Waals surface area contributed by atoms with Crippen molar-refractivity contribution in [3.8, 4) is 0 Å². The summed E-state index contributed by atoms with van der Waals surface area (Å²) in [7, 11) is 1.39. The van der Waals surface area contributed by atoms with Crippen LogP contribution in [0, 0.1) is 0 Å². The van der Waals surface area contributed by atoms with Crippen LogP contribution >= 0.6 is 0 Å². The fourth-order valence-electron chi connectivity index (χ4n) is 2.08. The predicted molar refractivity (Wildman–Crippen MR) is 63.8 cm³/mol. The van der Waals surface area contributed by atoms with Gasteiger partial charge in [0.15, 0.2) is 0 Å². The SMILES string of the molecule is COC(=O)C1=CC=c2c(cnc3c2=CN=C3)C1. The molecule has 0 radical (unpaired) electrons. The molecule has 0 aromatic carbocycles. The van der Waals surface area contributed by atoms with Gasteiger partial charge < -0.3 is 4.74 Å². The summed E-state index contributed by atoms with van der Waals surface area (Å²) < 4.78 is 4.72. The fourth-order valence-corrected chi connectivity index (χ4v) is 2.08. The van der Waals surface area contributed by atoms with Gasteiger partial charge in [-0.15, -0.1) is 0 Å². The smallest absolute Gasteiger partial charge is 0.334 e. The average molecular weight is 226 g/mol. The number of fused-ring (bicyclic) bond motifs is 3. The van der Waals surface area contributed by atoms with E-state index in [0.29, 0.717) is 12.0 Å². The molecule has 3 rings (SSSR count). The van der Waals surface area contributed by atoms with Gasteiger partial charge in [0.05, 0.1) is 19.0 Å². The highest BCUT2D eigenvalue weighted by Gasteiger charge is 2.15. The Hall–Kier alpha value is -2.23. The van der Waals surface area contributed by atoms with E-state index in [-0.39, 0.29) is 5.97 Å². The number of carbonyl (C=O) groups is 1. The number of aromatic nitrogens is 1. The highest BCUT2D eigenvalue weighted by molar-refractivity contribution is 5.91. The number of esters is 1. The lowest BCUT2D eigenvalue weighted by molar-refractivity contribution is -0.136. The van der Waals surface area contributed by atoms with Gasteiger partial charge in [0.1, 0.15) is 0 Å². The topological polar surface area (TPSA) is 51.5 Å². The molecular formula is C13H10N2O2. The molecule has 0 N–H and O–H groups in total. The second-order valence-electron chi connectivity index (χ2n) is 3.93. The molecule has 4 nitrogen and oxygen atoms in total. The molecule has 1 aliphatic carbocycles. The van der Waals surface area contributed by atoms with Crippen molar-refractivity contribution in [3.05, 3.63) is 39.5 Å². The number of carbonyl (C=O) groups excluding carboxylic acids is 1. The van der Waals surface area contributed by atoms with Crippen molar-refractivity contribution in [1.29, 1.82) is 0 Å². The van der Waals surface area contributed by atoms with Crippen molar-refractivity contribution in [3.63, 3.8) is 0 Å². The molecule has 0 fully saturated rings. The monoisotopic (exact) mass is 226 g/mol. The number of methoxy groups -OCH3 is 1. The Morgan fingerprint density at radius 2 is 2.24 bits per heavy atom. The normalized spacial score (nSPS) is 15.2. The van der Waals surface area contributed by atoms with Gasteiger partial charge in [0.2, 0.25) is 0 Å². The minimum absolute atomic E-state index is 0.285. The van der Waals surface area contributed by atoms with Crippen molar-refractivity contribution >= 4 is 24.5 Å². The maximum Gasteiger partial charge on any atom is 0.334 e. The molecule has 0 bridgehead atoms. The van der Waals surface area contributed by atoms with E-state index in [2.05, 4.69) is 9.98 Å². The first-order valence-electron chi connectivity index (χ1n) is 5.30. The van der Waals surface area contributed by atoms with E-state index in [1.165, 1.54) is 7.11 Å². The Bertz CT molecular complexity index is 684. The third-order valence-electron chi connectivity index (χ3n) is 2.95. The number of nitrogens with zero attached hydrogens (tertiary/aromatic N) is 2. The van der Waals surface area contributed by atoms with Crippen LogP contribution in [0.3, 0.4) is 0 Å². The van der Waals surface area contributed by atoms with E-state index < -0.39 is 0 Å². The molecule has 1 aromatic rings. The molecule has 1 aliphatic heterocycles. The van der Waals surface area contributed by atoms with Gasteiger partial charge in [-0.05, 0) is 10.8 Å². The number of pyridine rings is 1. The third-order valence-corrected chi connectivity index (χ3v) is 2.95. The molecule has 17 heavy (non-hydrogen) atoms. The summed E-state index contributed by atoms with van der Waals surface area (Å²) in [6.45, 7) is 0. The second kappa shape index (κ2) is 3.66. The molecule has 0 spiro atoms. The summed E-state index contributed by atoms with van der Waals surface area (Å²) in [4.78, 5) is 19.8. The average Bonchev–Trinajstić information content (AvgIpc) is 2.85. The van der Waals surface area contributed by atoms with Crippen LogP contribution < -0.4 is 10.4 Å². The molecule has 0 atom stereocenters. The summed E-state index contributed by atoms with van der Waals surface area (Å²) in [5.41, 5.74) is 2.57. The van der Waals surface area contributed by atoms with Gasteiger partial charge in [-0.2, -0.15) is 0 Å². The number of rotatable bonds is 1. The van der Waals surface area contributed by atoms with Crippen LogP contribution in [0.2, 0.25) is 0 Å². The Morgan fingerprint density at radius 3 is 3.06 bits per heavy atom. The van der Waals surface area contributed by atoms with E-state index in [0.717, 1.165) is 21.7 Å². The van der Waals surface area contributed by atoms with Gasteiger partial charge in [0, 0.05) is 29.6 Å². The first kappa shape index (κ1) is 9.96. The number of hydrogen-bond acceptors (Lipinski definition) is 4. The zero-order valence-electron chi connectivity index (χ0n) is 9.30. The molecule has 0 unspecified atom stereocenters. The van der Waals surface area contributed by atoms with Crippen LogP contribution in [0.15, 0.2) is 22.8 Å². The molecule has 0 saturated carbocycles. The Labute approximate surface area is 97.7 Å². The first-order valence-corrected chi connectivity index (χ1v) is 5.30. The molecule has 0 saturated heterocycles. The van der Waals surface area contributed by atoms with E-state index in [1.807, 2.05) is 6.08 Å². The van der Waals surface area contributed by atoms with E-state index in [9.17, 15) is 4.79 Å². The molecule has 2 aliphatic rings. The van der Waals surface area contributed by atoms with E-state index in [1.54, 1.807) is 24.7 Å². The highest BCUT2D eigenvalue weighted by atomic mass is 16.5. The fraction of sp³-hybridized carbons (Fsp3) is 0.154. The summed E-state index contributed by atoms with van der Waals surface area (Å²) >= 11 is 0. The summed E-state index contributed by atoms with van der Waals surface area (Å²) in [5.74, 6) is -0.285. The lowest BCUT2D eigenvalue weighted by atomic mass is 9.98. The number of ether oxygens (including phenoxy) is 1. The maximum absolute atomic E-state index is 11.4. The summed E-state index contributed by atoms with van der Waals surface area (Å²) in [6, 6.07) is 0. The van der Waals surface area contributed by atoms with Crippen molar-refractivity contribution in [2.75, 3.05) is 7.11 Å².